The first kappa shape index (κ1) is 16.9. The normalized spacial score (nSPS) is 7.88. The number of hydrogen-bond acceptors (Lipinski definition) is 3. The van der Waals surface area contributed by atoms with Gasteiger partial charge in [-0.3, -0.25) is 4.79 Å². The lowest BCUT2D eigenvalue weighted by Crippen LogP contribution is -1.96. The molecule has 1 aromatic rings. The van der Waals surface area contributed by atoms with Crippen molar-refractivity contribution in [3.8, 4) is 5.75 Å². The van der Waals surface area contributed by atoms with Crippen molar-refractivity contribution in [3.63, 3.8) is 0 Å². The van der Waals surface area contributed by atoms with Gasteiger partial charge in [0.1, 0.15) is 5.75 Å². The molecule has 0 saturated carbocycles. The summed E-state index contributed by atoms with van der Waals surface area (Å²) in [6.07, 6.45) is 3.75. The van der Waals surface area contributed by atoms with E-state index in [1.165, 1.54) is 19.3 Å². The van der Waals surface area contributed by atoms with Crippen LogP contribution < -0.4 is 5.73 Å². The molecule has 0 aromatic heterocycles. The van der Waals surface area contributed by atoms with Gasteiger partial charge >= 0.3 is 0 Å². The van der Waals surface area contributed by atoms with Crippen LogP contribution in [0.15, 0.2) is 30.3 Å². The summed E-state index contributed by atoms with van der Waals surface area (Å²) in [6, 6.07) is 8.71. The zero-order chi connectivity index (χ0) is 12.6. The van der Waals surface area contributed by atoms with Crippen molar-refractivity contribution in [2.45, 2.75) is 26.2 Å². The highest BCUT2D eigenvalue weighted by molar-refractivity contribution is 5.32. The van der Waals surface area contributed by atoms with E-state index in [9.17, 15) is 0 Å². The maximum Gasteiger partial charge on any atom is 0.290 e. The molecule has 0 aliphatic heterocycles. The number of phenols is 1. The Hall–Kier alpha value is -1.55. The third kappa shape index (κ3) is 18.3. The van der Waals surface area contributed by atoms with Gasteiger partial charge in [-0.1, -0.05) is 38.0 Å². The summed E-state index contributed by atoms with van der Waals surface area (Å²) in [4.78, 5) is 8.36. The van der Waals surface area contributed by atoms with Crippen molar-refractivity contribution in [2.24, 2.45) is 5.73 Å². The molecular weight excluding hydrogens is 206 g/mol. The number of carboxylic acid groups (broad SMARTS) is 1. The smallest absolute Gasteiger partial charge is 0.290 e. The fourth-order valence-electron chi connectivity index (χ4n) is 0.822. The molecule has 0 atom stereocenters. The topological polar surface area (TPSA) is 83.6 Å². The molecule has 1 aromatic carbocycles. The summed E-state index contributed by atoms with van der Waals surface area (Å²) < 4.78 is 0. The van der Waals surface area contributed by atoms with Gasteiger partial charge in [-0.25, -0.2) is 0 Å². The van der Waals surface area contributed by atoms with Gasteiger partial charge in [-0.15, -0.1) is 0 Å². The Morgan fingerprint density at radius 1 is 1.25 bits per heavy atom. The van der Waals surface area contributed by atoms with Gasteiger partial charge in [0.25, 0.3) is 6.47 Å². The molecule has 0 amide bonds. The van der Waals surface area contributed by atoms with Crippen LogP contribution in [-0.4, -0.2) is 23.2 Å². The number of phenolic OH excluding ortho intramolecular Hbond substituents is 1. The van der Waals surface area contributed by atoms with E-state index in [0.29, 0.717) is 5.75 Å². The van der Waals surface area contributed by atoms with Crippen LogP contribution in [0.25, 0.3) is 0 Å². The fourth-order valence-corrected chi connectivity index (χ4v) is 0.822. The molecule has 16 heavy (non-hydrogen) atoms. The van der Waals surface area contributed by atoms with E-state index in [4.69, 9.17) is 20.7 Å². The van der Waals surface area contributed by atoms with E-state index >= 15 is 0 Å². The average Bonchev–Trinajstić information content (AvgIpc) is 2.29. The van der Waals surface area contributed by atoms with Gasteiger partial charge in [0.2, 0.25) is 0 Å². The van der Waals surface area contributed by atoms with Gasteiger partial charge in [-0.2, -0.15) is 0 Å². The van der Waals surface area contributed by atoms with Crippen LogP contribution in [-0.2, 0) is 4.79 Å². The molecule has 0 aliphatic rings. The molecule has 0 fully saturated rings. The minimum atomic E-state index is -0.250. The Bertz CT molecular complexity index is 223. The highest BCUT2D eigenvalue weighted by atomic mass is 16.3. The number of hydrogen-bond donors (Lipinski definition) is 3. The number of nitrogens with two attached hydrogens (primary N) is 1. The second-order valence-corrected chi connectivity index (χ2v) is 2.94. The van der Waals surface area contributed by atoms with Crippen LogP contribution in [0, 0.1) is 0 Å². The van der Waals surface area contributed by atoms with Crippen LogP contribution in [0.4, 0.5) is 0 Å². The highest BCUT2D eigenvalue weighted by Gasteiger charge is 1.75. The van der Waals surface area contributed by atoms with Crippen molar-refractivity contribution in [2.75, 3.05) is 6.54 Å². The molecular formula is C12H21NO3. The van der Waals surface area contributed by atoms with Crippen molar-refractivity contribution < 1.29 is 15.0 Å². The van der Waals surface area contributed by atoms with Crippen molar-refractivity contribution in [1.29, 1.82) is 0 Å². The largest absolute Gasteiger partial charge is 0.508 e. The second-order valence-electron chi connectivity index (χ2n) is 2.94. The van der Waals surface area contributed by atoms with Crippen LogP contribution in [0.1, 0.15) is 26.2 Å². The number of unbranched alkanes of at least 4 members (excludes halogenated alkanes) is 2. The monoisotopic (exact) mass is 227 g/mol. The molecule has 0 saturated heterocycles. The average molecular weight is 227 g/mol. The minimum Gasteiger partial charge on any atom is -0.508 e. The Morgan fingerprint density at radius 3 is 1.94 bits per heavy atom. The Morgan fingerprint density at radius 2 is 1.75 bits per heavy atom. The van der Waals surface area contributed by atoms with Gasteiger partial charge in [0.05, 0.1) is 0 Å². The van der Waals surface area contributed by atoms with Gasteiger partial charge in [0.15, 0.2) is 0 Å². The molecule has 0 bridgehead atoms. The first-order chi connectivity index (χ1) is 7.72. The number of carbonyl (C=O) groups is 1. The van der Waals surface area contributed by atoms with E-state index < -0.39 is 0 Å². The lowest BCUT2D eigenvalue weighted by molar-refractivity contribution is -0.122. The molecule has 4 nitrogen and oxygen atoms in total. The fraction of sp³-hybridized carbons (Fsp3) is 0.417. The van der Waals surface area contributed by atoms with Gasteiger partial charge in [-0.05, 0) is 25.1 Å². The summed E-state index contributed by atoms with van der Waals surface area (Å²) in [5.41, 5.74) is 5.21. The zero-order valence-corrected chi connectivity index (χ0v) is 9.67. The zero-order valence-electron chi connectivity index (χ0n) is 9.67. The van der Waals surface area contributed by atoms with E-state index in [1.54, 1.807) is 24.3 Å². The maximum absolute atomic E-state index is 8.63. The third-order valence-electron chi connectivity index (χ3n) is 1.56. The summed E-state index contributed by atoms with van der Waals surface area (Å²) >= 11 is 0. The van der Waals surface area contributed by atoms with Crippen LogP contribution in [0.5, 0.6) is 5.75 Å². The number of rotatable bonds is 3. The SMILES string of the molecule is CCCCCN.O=CO.Oc1ccccc1. The van der Waals surface area contributed by atoms with Crippen molar-refractivity contribution in [3.05, 3.63) is 30.3 Å². The first-order valence-electron chi connectivity index (χ1n) is 5.24. The lowest BCUT2D eigenvalue weighted by atomic mass is 10.3. The summed E-state index contributed by atoms with van der Waals surface area (Å²) in [6.45, 7) is 2.78. The van der Waals surface area contributed by atoms with Crippen LogP contribution in [0.3, 0.4) is 0 Å². The Labute approximate surface area is 96.7 Å². The van der Waals surface area contributed by atoms with Crippen molar-refractivity contribution in [1.82, 2.24) is 0 Å². The third-order valence-corrected chi connectivity index (χ3v) is 1.56. The molecule has 0 unspecified atom stereocenters. The highest BCUT2D eigenvalue weighted by Crippen LogP contribution is 2.02. The predicted octanol–water partition coefficient (Wildman–Crippen LogP) is 2.23. The predicted molar refractivity (Wildman–Crippen MR) is 65.4 cm³/mol. The number of para-hydroxylation sites is 1. The molecule has 4 heteroatoms. The minimum absolute atomic E-state index is 0.250. The van der Waals surface area contributed by atoms with E-state index in [2.05, 4.69) is 6.92 Å². The van der Waals surface area contributed by atoms with E-state index in [0.717, 1.165) is 6.54 Å². The van der Waals surface area contributed by atoms with Crippen LogP contribution >= 0.6 is 0 Å². The molecule has 92 valence electrons. The summed E-state index contributed by atoms with van der Waals surface area (Å²) in [5.74, 6) is 0.322. The summed E-state index contributed by atoms with van der Waals surface area (Å²) in [7, 11) is 0. The molecule has 0 heterocycles. The lowest BCUT2D eigenvalue weighted by Gasteiger charge is -1.86. The quantitative estimate of drug-likeness (QED) is 0.546. The molecule has 0 aliphatic carbocycles. The van der Waals surface area contributed by atoms with Crippen LogP contribution in [0.2, 0.25) is 0 Å². The van der Waals surface area contributed by atoms with Gasteiger partial charge < -0.3 is 15.9 Å². The molecule has 1 rings (SSSR count). The summed E-state index contributed by atoms with van der Waals surface area (Å²) in [5, 5.41) is 15.5. The van der Waals surface area contributed by atoms with Gasteiger partial charge in [0, 0.05) is 0 Å². The Kier molecular flexibility index (Phi) is 16.8. The van der Waals surface area contributed by atoms with Crippen molar-refractivity contribution >= 4 is 6.47 Å². The first-order valence-corrected chi connectivity index (χ1v) is 5.24. The number of aromatic hydroxyl groups is 1. The Balaban J connectivity index is 0. The molecule has 0 radical (unpaired) electrons. The molecule has 4 N–H and O–H groups in total. The van der Waals surface area contributed by atoms with E-state index in [1.807, 2.05) is 6.07 Å². The second kappa shape index (κ2) is 15.9. The van der Waals surface area contributed by atoms with E-state index in [-0.39, 0.29) is 6.47 Å². The number of benzene rings is 1. The molecule has 0 spiro atoms. The standard InChI is InChI=1S/C6H6O.C5H13N.CH2O2/c7-6-4-2-1-3-5-6;1-2-3-4-5-6;2-1-3/h1-5,7H;2-6H2,1H3;1H,(H,2,3). The maximum atomic E-state index is 8.63.